The number of nitro benzene ring substituents is 1. The molecular weight excluding hydrogens is 448 g/mol. The van der Waals surface area contributed by atoms with Crippen LogP contribution >= 0.6 is 0 Å². The lowest BCUT2D eigenvalue weighted by molar-refractivity contribution is -0.384. The maximum Gasteiger partial charge on any atom is 0.291 e. The first-order chi connectivity index (χ1) is 17.0. The van der Waals surface area contributed by atoms with Crippen LogP contribution in [0.2, 0.25) is 0 Å². The number of nitro groups is 1. The number of amides is 2. The summed E-state index contributed by atoms with van der Waals surface area (Å²) >= 11 is 0. The highest BCUT2D eigenvalue weighted by molar-refractivity contribution is 6.14. The van der Waals surface area contributed by atoms with E-state index in [9.17, 15) is 19.7 Å². The minimum absolute atomic E-state index is 0.0399. The smallest absolute Gasteiger partial charge is 0.291 e. The summed E-state index contributed by atoms with van der Waals surface area (Å²) in [5, 5.41) is 14.4. The van der Waals surface area contributed by atoms with Gasteiger partial charge in [-0.05, 0) is 30.3 Å². The first kappa shape index (κ1) is 22.1. The van der Waals surface area contributed by atoms with E-state index in [-0.39, 0.29) is 28.6 Å². The van der Waals surface area contributed by atoms with Gasteiger partial charge >= 0.3 is 0 Å². The monoisotopic (exact) mass is 470 g/mol. The summed E-state index contributed by atoms with van der Waals surface area (Å²) < 4.78 is 5.90. The van der Waals surface area contributed by atoms with Crippen molar-refractivity contribution in [1.82, 2.24) is 4.90 Å². The first-order valence-corrected chi connectivity index (χ1v) is 11.2. The van der Waals surface area contributed by atoms with E-state index in [1.165, 1.54) is 24.3 Å². The normalized spacial score (nSPS) is 13.6. The number of hydrogen-bond donors (Lipinski definition) is 1. The number of nitrogens with one attached hydrogen (secondary N) is 1. The van der Waals surface area contributed by atoms with Crippen molar-refractivity contribution in [1.29, 1.82) is 0 Å². The summed E-state index contributed by atoms with van der Waals surface area (Å²) in [6.07, 6.45) is 0. The summed E-state index contributed by atoms with van der Waals surface area (Å²) in [6, 6.07) is 22.5. The standard InChI is InChI=1S/C26H22N4O5/c31-25(18-7-6-10-20(17-18)30(33)34)27-23-21-11-4-5-12-22(21)35-24(23)26(32)29-15-13-28(14-16-29)19-8-2-1-3-9-19/h1-12,17H,13-16H2,(H,27,31). The maximum atomic E-state index is 13.5. The zero-order valence-corrected chi connectivity index (χ0v) is 18.7. The molecule has 0 spiro atoms. The summed E-state index contributed by atoms with van der Waals surface area (Å²) in [6.45, 7) is 2.35. The Kier molecular flexibility index (Phi) is 5.88. The number of benzene rings is 3. The van der Waals surface area contributed by atoms with E-state index in [0.717, 1.165) is 5.69 Å². The van der Waals surface area contributed by atoms with Crippen LogP contribution in [0.25, 0.3) is 11.0 Å². The molecule has 9 heteroatoms. The van der Waals surface area contributed by atoms with Crippen molar-refractivity contribution in [2.45, 2.75) is 0 Å². The van der Waals surface area contributed by atoms with Gasteiger partial charge in [0.1, 0.15) is 11.3 Å². The Morgan fingerprint density at radius 1 is 0.886 bits per heavy atom. The van der Waals surface area contributed by atoms with Gasteiger partial charge < -0.3 is 19.5 Å². The van der Waals surface area contributed by atoms with Crippen LogP contribution in [0.1, 0.15) is 20.9 Å². The highest BCUT2D eigenvalue weighted by Gasteiger charge is 2.29. The summed E-state index contributed by atoms with van der Waals surface area (Å²) in [5.41, 5.74) is 1.75. The van der Waals surface area contributed by atoms with Gasteiger partial charge in [0.05, 0.1) is 4.92 Å². The minimum Gasteiger partial charge on any atom is -0.449 e. The van der Waals surface area contributed by atoms with Crippen LogP contribution in [0.15, 0.2) is 83.3 Å². The second-order valence-corrected chi connectivity index (χ2v) is 8.18. The van der Waals surface area contributed by atoms with Gasteiger partial charge in [-0.25, -0.2) is 0 Å². The van der Waals surface area contributed by atoms with Crippen LogP contribution in [0.3, 0.4) is 0 Å². The lowest BCUT2D eigenvalue weighted by Gasteiger charge is -2.35. The number of anilines is 2. The Morgan fingerprint density at radius 2 is 1.60 bits per heavy atom. The van der Waals surface area contributed by atoms with Gasteiger partial charge in [0.25, 0.3) is 17.5 Å². The van der Waals surface area contributed by atoms with Crippen molar-refractivity contribution in [3.8, 4) is 0 Å². The van der Waals surface area contributed by atoms with Gasteiger partial charge in [-0.3, -0.25) is 19.7 Å². The molecular formula is C26H22N4O5. The topological polar surface area (TPSA) is 109 Å². The van der Waals surface area contributed by atoms with Crippen LogP contribution < -0.4 is 10.2 Å². The van der Waals surface area contributed by atoms with Gasteiger partial charge in [-0.2, -0.15) is 0 Å². The average molecular weight is 470 g/mol. The Morgan fingerprint density at radius 3 is 2.34 bits per heavy atom. The molecule has 1 saturated heterocycles. The second-order valence-electron chi connectivity index (χ2n) is 8.18. The number of non-ortho nitro benzene ring substituents is 1. The van der Waals surface area contributed by atoms with Crippen LogP contribution in [0.4, 0.5) is 17.1 Å². The van der Waals surface area contributed by atoms with Gasteiger partial charge in [-0.15, -0.1) is 0 Å². The summed E-state index contributed by atoms with van der Waals surface area (Å²) in [5.74, 6) is -0.843. The molecule has 1 fully saturated rings. The molecule has 1 aliphatic heterocycles. The second kappa shape index (κ2) is 9.30. The zero-order chi connectivity index (χ0) is 24.4. The van der Waals surface area contributed by atoms with Crippen molar-refractivity contribution in [3.63, 3.8) is 0 Å². The first-order valence-electron chi connectivity index (χ1n) is 11.2. The number of nitrogens with zero attached hydrogens (tertiary/aromatic N) is 3. The molecule has 2 heterocycles. The van der Waals surface area contributed by atoms with E-state index in [0.29, 0.717) is 37.1 Å². The largest absolute Gasteiger partial charge is 0.449 e. The molecule has 3 aromatic carbocycles. The SMILES string of the molecule is O=C(Nc1c(C(=O)N2CCN(c3ccccc3)CC2)oc2ccccc12)c1cccc([N+](=O)[O-])c1. The van der Waals surface area contributed by atoms with E-state index in [2.05, 4.69) is 10.2 Å². The lowest BCUT2D eigenvalue weighted by Crippen LogP contribution is -2.48. The third-order valence-corrected chi connectivity index (χ3v) is 6.04. The predicted molar refractivity (Wildman–Crippen MR) is 132 cm³/mol. The highest BCUT2D eigenvalue weighted by Crippen LogP contribution is 2.33. The van der Waals surface area contributed by atoms with Gasteiger partial charge in [0.15, 0.2) is 0 Å². The molecule has 9 nitrogen and oxygen atoms in total. The predicted octanol–water partition coefficient (Wildman–Crippen LogP) is 4.56. The fourth-order valence-corrected chi connectivity index (χ4v) is 4.22. The molecule has 1 aliphatic rings. The minimum atomic E-state index is -0.566. The fraction of sp³-hybridized carbons (Fsp3) is 0.154. The Labute approximate surface area is 200 Å². The molecule has 2 amide bonds. The molecule has 35 heavy (non-hydrogen) atoms. The number of furan rings is 1. The zero-order valence-electron chi connectivity index (χ0n) is 18.7. The van der Waals surface area contributed by atoms with Crippen molar-refractivity contribution >= 4 is 39.8 Å². The molecule has 0 bridgehead atoms. The molecule has 0 unspecified atom stereocenters. The molecule has 1 N–H and O–H groups in total. The van der Waals surface area contributed by atoms with E-state index in [4.69, 9.17) is 4.42 Å². The van der Waals surface area contributed by atoms with Crippen LogP contribution in [-0.2, 0) is 0 Å². The third-order valence-electron chi connectivity index (χ3n) is 6.04. The van der Waals surface area contributed by atoms with E-state index in [1.54, 1.807) is 29.2 Å². The Hall–Kier alpha value is -4.66. The van der Waals surface area contributed by atoms with E-state index < -0.39 is 10.8 Å². The van der Waals surface area contributed by atoms with Gasteiger partial charge in [-0.1, -0.05) is 36.4 Å². The fourth-order valence-electron chi connectivity index (χ4n) is 4.22. The molecule has 1 aromatic heterocycles. The van der Waals surface area contributed by atoms with Gasteiger partial charge in [0.2, 0.25) is 5.76 Å². The molecule has 0 atom stereocenters. The van der Waals surface area contributed by atoms with Crippen molar-refractivity contribution < 1.29 is 18.9 Å². The molecule has 0 radical (unpaired) electrons. The Balaban J connectivity index is 1.40. The molecule has 5 rings (SSSR count). The van der Waals surface area contributed by atoms with Crippen molar-refractivity contribution in [2.75, 3.05) is 36.4 Å². The molecule has 4 aromatic rings. The summed E-state index contributed by atoms with van der Waals surface area (Å²) in [4.78, 5) is 40.9. The number of piperazine rings is 1. The van der Waals surface area contributed by atoms with Crippen LogP contribution in [0, 0.1) is 10.1 Å². The number of para-hydroxylation sites is 2. The van der Waals surface area contributed by atoms with Crippen molar-refractivity contribution in [2.24, 2.45) is 0 Å². The number of hydrogen-bond acceptors (Lipinski definition) is 6. The number of fused-ring (bicyclic) bond motifs is 1. The molecule has 176 valence electrons. The van der Waals surface area contributed by atoms with E-state index >= 15 is 0 Å². The number of carbonyl (C=O) groups excluding carboxylic acids is 2. The molecule has 0 saturated carbocycles. The average Bonchev–Trinajstić information content (AvgIpc) is 3.27. The maximum absolute atomic E-state index is 13.5. The quantitative estimate of drug-likeness (QED) is 0.338. The molecule has 0 aliphatic carbocycles. The summed E-state index contributed by atoms with van der Waals surface area (Å²) in [7, 11) is 0. The third kappa shape index (κ3) is 4.43. The van der Waals surface area contributed by atoms with Crippen LogP contribution in [-0.4, -0.2) is 47.8 Å². The Bertz CT molecular complexity index is 1410. The lowest BCUT2D eigenvalue weighted by atomic mass is 10.1. The number of carbonyl (C=O) groups is 2. The van der Waals surface area contributed by atoms with E-state index in [1.807, 2.05) is 30.3 Å². The van der Waals surface area contributed by atoms with Crippen LogP contribution in [0.5, 0.6) is 0 Å². The van der Waals surface area contributed by atoms with Gasteiger partial charge in [0, 0.05) is 54.9 Å². The highest BCUT2D eigenvalue weighted by atomic mass is 16.6. The van der Waals surface area contributed by atoms with Crippen molar-refractivity contribution in [3.05, 3.63) is 100 Å². The number of rotatable bonds is 5.